The van der Waals surface area contributed by atoms with Crippen LogP contribution in [0.1, 0.15) is 9.75 Å². The summed E-state index contributed by atoms with van der Waals surface area (Å²) in [5.41, 5.74) is 2.17. The fraction of sp³-hybridized carbons (Fsp3) is 0.185. The summed E-state index contributed by atoms with van der Waals surface area (Å²) in [5, 5.41) is 15.6. The molecule has 38 heavy (non-hydrogen) atoms. The van der Waals surface area contributed by atoms with Gasteiger partial charge in [0.25, 0.3) is 5.91 Å². The number of carbonyl (C=O) groups is 1. The van der Waals surface area contributed by atoms with Gasteiger partial charge in [0, 0.05) is 42.3 Å². The van der Waals surface area contributed by atoms with E-state index in [1.165, 1.54) is 17.4 Å². The van der Waals surface area contributed by atoms with E-state index < -0.39 is 17.5 Å². The van der Waals surface area contributed by atoms with E-state index in [0.29, 0.717) is 42.7 Å². The maximum absolute atomic E-state index is 15.1. The second-order valence-corrected chi connectivity index (χ2v) is 9.97. The first-order valence-corrected chi connectivity index (χ1v) is 12.7. The second kappa shape index (κ2) is 10.9. The zero-order valence-electron chi connectivity index (χ0n) is 20.4. The predicted octanol–water partition coefficient (Wildman–Crippen LogP) is 4.94. The third-order valence-corrected chi connectivity index (χ3v) is 7.24. The summed E-state index contributed by atoms with van der Waals surface area (Å²) in [6.07, 6.45) is 2.24. The molecule has 0 aliphatic carbocycles. The van der Waals surface area contributed by atoms with Crippen molar-refractivity contribution in [2.24, 2.45) is 5.16 Å². The van der Waals surface area contributed by atoms with Gasteiger partial charge in [-0.15, -0.1) is 11.3 Å². The number of carbonyl (C=O) groups excluding carboxylic acids is 1. The largest absolute Gasteiger partial charge is 0.410 e. The van der Waals surface area contributed by atoms with Gasteiger partial charge in [-0.3, -0.25) is 4.79 Å². The summed E-state index contributed by atoms with van der Waals surface area (Å²) < 4.78 is 28.2. The Balaban J connectivity index is 1.27. The van der Waals surface area contributed by atoms with Gasteiger partial charge in [0.15, 0.2) is 11.5 Å². The number of oxime groups is 1. The molecule has 0 spiro atoms. The number of anilines is 3. The third kappa shape index (κ3) is 5.32. The van der Waals surface area contributed by atoms with Gasteiger partial charge in [-0.25, -0.2) is 18.7 Å². The van der Waals surface area contributed by atoms with Crippen molar-refractivity contribution in [2.45, 2.75) is 6.92 Å². The molecule has 0 saturated carbocycles. The van der Waals surface area contributed by atoms with Crippen LogP contribution in [0.5, 0.6) is 0 Å². The monoisotopic (exact) mass is 534 g/mol. The van der Waals surface area contributed by atoms with Gasteiger partial charge >= 0.3 is 0 Å². The number of benzene rings is 2. The number of amides is 1. The number of hydrogen-bond acceptors (Lipinski definition) is 8. The highest BCUT2D eigenvalue weighted by atomic mass is 32.1. The van der Waals surface area contributed by atoms with Crippen LogP contribution in [0.4, 0.5) is 26.1 Å². The molecule has 11 heteroatoms. The van der Waals surface area contributed by atoms with Crippen molar-refractivity contribution in [2.75, 3.05) is 41.3 Å². The number of nitrogens with one attached hydrogen (secondary N) is 1. The quantitative estimate of drug-likeness (QED) is 0.207. The molecule has 0 atom stereocenters. The Morgan fingerprint density at radius 1 is 1.00 bits per heavy atom. The van der Waals surface area contributed by atoms with Crippen LogP contribution in [0.3, 0.4) is 0 Å². The summed E-state index contributed by atoms with van der Waals surface area (Å²) in [6, 6.07) is 15.9. The Kier molecular flexibility index (Phi) is 7.27. The number of nitrogens with zero attached hydrogens (tertiary/aromatic N) is 5. The maximum atomic E-state index is 15.1. The van der Waals surface area contributed by atoms with E-state index in [1.54, 1.807) is 12.1 Å². The molecule has 1 amide bonds. The maximum Gasteiger partial charge on any atom is 0.279 e. The topological polar surface area (TPSA) is 94.0 Å². The molecule has 2 aromatic carbocycles. The van der Waals surface area contributed by atoms with Gasteiger partial charge in [0.2, 0.25) is 5.95 Å². The molecular weight excluding hydrogens is 510 g/mol. The number of aromatic nitrogens is 2. The molecule has 0 bridgehead atoms. The predicted molar refractivity (Wildman–Crippen MR) is 144 cm³/mol. The summed E-state index contributed by atoms with van der Waals surface area (Å²) in [7, 11) is 0. The molecule has 5 rings (SSSR count). The molecule has 2 N–H and O–H groups in total. The molecule has 0 unspecified atom stereocenters. The molecule has 8 nitrogen and oxygen atoms in total. The SMILES string of the molecule is Cc1cc(-c2ccccc2)c(C(=NO)C(=O)Nc2ccc(N3CCN(c4ncc(F)cn4)CC3)c(F)c2)s1. The van der Waals surface area contributed by atoms with Gasteiger partial charge in [-0.1, -0.05) is 35.5 Å². The molecule has 1 fully saturated rings. The standard InChI is InChI=1S/C27H24F2N6O2S/c1-17-13-21(18-5-3-2-4-6-18)25(38-17)24(33-37)26(36)32-20-7-8-23(22(29)14-20)34-9-11-35(12-10-34)27-30-15-19(28)16-31-27/h2-8,13-16,37H,9-12H2,1H3,(H,32,36). The lowest BCUT2D eigenvalue weighted by Gasteiger charge is -2.36. The molecule has 1 saturated heterocycles. The number of rotatable bonds is 6. The highest BCUT2D eigenvalue weighted by Crippen LogP contribution is 2.32. The smallest absolute Gasteiger partial charge is 0.279 e. The average molecular weight is 535 g/mol. The lowest BCUT2D eigenvalue weighted by atomic mass is 10.0. The zero-order valence-corrected chi connectivity index (χ0v) is 21.3. The fourth-order valence-corrected chi connectivity index (χ4v) is 5.38. The molecule has 3 heterocycles. The van der Waals surface area contributed by atoms with Crippen molar-refractivity contribution < 1.29 is 18.8 Å². The number of halogens is 2. The highest BCUT2D eigenvalue weighted by Gasteiger charge is 2.24. The lowest BCUT2D eigenvalue weighted by molar-refractivity contribution is -0.110. The molecule has 1 aliphatic heterocycles. The normalized spacial score (nSPS) is 14.0. The van der Waals surface area contributed by atoms with Crippen molar-refractivity contribution in [1.82, 2.24) is 9.97 Å². The van der Waals surface area contributed by atoms with Crippen LogP contribution in [0.15, 0.2) is 72.1 Å². The second-order valence-electron chi connectivity index (χ2n) is 8.71. The van der Waals surface area contributed by atoms with Gasteiger partial charge in [0.05, 0.1) is 23.0 Å². The van der Waals surface area contributed by atoms with E-state index >= 15 is 4.39 Å². The summed E-state index contributed by atoms with van der Waals surface area (Å²) in [4.78, 5) is 26.3. The Bertz CT molecular complexity index is 1470. The Morgan fingerprint density at radius 3 is 2.34 bits per heavy atom. The van der Waals surface area contributed by atoms with Crippen molar-refractivity contribution in [3.8, 4) is 11.1 Å². The molecule has 1 aliphatic rings. The van der Waals surface area contributed by atoms with Crippen molar-refractivity contribution in [3.63, 3.8) is 0 Å². The van der Waals surface area contributed by atoms with Gasteiger partial charge in [-0.2, -0.15) is 0 Å². The lowest BCUT2D eigenvalue weighted by Crippen LogP contribution is -2.47. The van der Waals surface area contributed by atoms with Crippen LogP contribution in [-0.4, -0.2) is 53.0 Å². The first-order chi connectivity index (χ1) is 18.4. The van der Waals surface area contributed by atoms with Crippen LogP contribution >= 0.6 is 11.3 Å². The van der Waals surface area contributed by atoms with Crippen molar-refractivity contribution >= 4 is 40.3 Å². The minimum absolute atomic E-state index is 0.148. The van der Waals surface area contributed by atoms with Crippen LogP contribution in [0.25, 0.3) is 11.1 Å². The Labute approximate surface area is 221 Å². The van der Waals surface area contributed by atoms with Gasteiger partial charge < -0.3 is 20.3 Å². The first kappa shape index (κ1) is 25.3. The first-order valence-electron chi connectivity index (χ1n) is 11.9. The van der Waals surface area contributed by atoms with Gasteiger partial charge in [0.1, 0.15) is 5.82 Å². The van der Waals surface area contributed by atoms with E-state index in [2.05, 4.69) is 20.4 Å². The fourth-order valence-electron chi connectivity index (χ4n) is 4.36. The minimum Gasteiger partial charge on any atom is -0.410 e. The van der Waals surface area contributed by atoms with Crippen molar-refractivity contribution in [3.05, 3.63) is 88.4 Å². The molecule has 4 aromatic rings. The number of thiophene rings is 1. The molecule has 2 aromatic heterocycles. The molecular formula is C27H24F2N6O2S. The summed E-state index contributed by atoms with van der Waals surface area (Å²) in [6.45, 7) is 4.04. The zero-order chi connectivity index (χ0) is 26.6. The Hall–Kier alpha value is -4.38. The van der Waals surface area contributed by atoms with E-state index in [9.17, 15) is 14.4 Å². The summed E-state index contributed by atoms with van der Waals surface area (Å²) >= 11 is 1.34. The summed E-state index contributed by atoms with van der Waals surface area (Å²) in [5.74, 6) is -1.20. The number of hydrogen-bond donors (Lipinski definition) is 2. The van der Waals surface area contributed by atoms with E-state index in [0.717, 1.165) is 28.4 Å². The van der Waals surface area contributed by atoms with E-state index in [1.807, 2.05) is 53.1 Å². The van der Waals surface area contributed by atoms with Crippen molar-refractivity contribution in [1.29, 1.82) is 0 Å². The third-order valence-electron chi connectivity index (χ3n) is 6.19. The minimum atomic E-state index is -0.647. The van der Waals surface area contributed by atoms with Crippen LogP contribution in [-0.2, 0) is 4.79 Å². The number of aryl methyl sites for hydroxylation is 1. The highest BCUT2D eigenvalue weighted by molar-refractivity contribution is 7.15. The van der Waals surface area contributed by atoms with E-state index in [-0.39, 0.29) is 11.4 Å². The van der Waals surface area contributed by atoms with Crippen LogP contribution in [0, 0.1) is 18.6 Å². The number of piperazine rings is 1. The van der Waals surface area contributed by atoms with Crippen LogP contribution < -0.4 is 15.1 Å². The molecule has 0 radical (unpaired) electrons. The average Bonchev–Trinajstić information content (AvgIpc) is 3.31. The van der Waals surface area contributed by atoms with E-state index in [4.69, 9.17) is 0 Å². The molecule has 194 valence electrons. The van der Waals surface area contributed by atoms with Crippen LogP contribution in [0.2, 0.25) is 0 Å². The Morgan fingerprint density at radius 2 is 1.68 bits per heavy atom. The van der Waals surface area contributed by atoms with Gasteiger partial charge in [-0.05, 0) is 36.8 Å².